The molecule has 1 heterocycles. The molecular formula is C15H31N3O. The molecule has 4 heteroatoms. The third-order valence-electron chi connectivity index (χ3n) is 4.50. The lowest BCUT2D eigenvalue weighted by molar-refractivity contribution is -0.128. The van der Waals surface area contributed by atoms with Crippen molar-refractivity contribution in [2.45, 2.75) is 65.0 Å². The molecule has 0 aromatic carbocycles. The number of hydrogen-bond donors (Lipinski definition) is 2. The second-order valence-corrected chi connectivity index (χ2v) is 6.46. The molecule has 3 N–H and O–H groups in total. The first-order valence-electron chi connectivity index (χ1n) is 7.65. The van der Waals surface area contributed by atoms with Gasteiger partial charge in [-0.2, -0.15) is 0 Å². The van der Waals surface area contributed by atoms with Crippen LogP contribution in [-0.4, -0.2) is 42.0 Å². The summed E-state index contributed by atoms with van der Waals surface area (Å²) in [5, 5.41) is 3.14. The van der Waals surface area contributed by atoms with Crippen molar-refractivity contribution >= 4 is 5.91 Å². The topological polar surface area (TPSA) is 58.4 Å². The van der Waals surface area contributed by atoms with Gasteiger partial charge in [0.1, 0.15) is 0 Å². The second kappa shape index (κ2) is 7.25. The molecule has 1 fully saturated rings. The lowest BCUT2D eigenvalue weighted by Gasteiger charge is -2.36. The molecule has 1 rings (SSSR count). The lowest BCUT2D eigenvalue weighted by atomic mass is 9.92. The zero-order valence-electron chi connectivity index (χ0n) is 13.0. The van der Waals surface area contributed by atoms with Gasteiger partial charge in [-0.15, -0.1) is 0 Å². The highest BCUT2D eigenvalue weighted by Gasteiger charge is 2.28. The minimum Gasteiger partial charge on any atom is -0.350 e. The highest BCUT2D eigenvalue weighted by atomic mass is 16.2. The number of likely N-dealkylation sites (tertiary alicyclic amines) is 1. The normalized spacial score (nSPS) is 20.3. The Balaban J connectivity index is 2.42. The number of nitrogens with two attached hydrogens (primary N) is 1. The molecule has 1 saturated heterocycles. The summed E-state index contributed by atoms with van der Waals surface area (Å²) in [4.78, 5) is 14.6. The number of carbonyl (C=O) groups is 1. The fourth-order valence-corrected chi connectivity index (χ4v) is 2.56. The molecule has 0 radical (unpaired) electrons. The smallest absolute Gasteiger partial charge is 0.237 e. The zero-order valence-corrected chi connectivity index (χ0v) is 13.0. The van der Waals surface area contributed by atoms with Crippen molar-refractivity contribution in [2.75, 3.05) is 19.6 Å². The van der Waals surface area contributed by atoms with E-state index in [9.17, 15) is 4.79 Å². The Morgan fingerprint density at radius 1 is 1.42 bits per heavy atom. The Bertz CT molecular complexity index is 283. The first-order valence-corrected chi connectivity index (χ1v) is 7.65. The number of rotatable bonds is 6. The van der Waals surface area contributed by atoms with Crippen molar-refractivity contribution in [1.82, 2.24) is 10.2 Å². The zero-order chi connectivity index (χ0) is 14.5. The van der Waals surface area contributed by atoms with E-state index in [0.29, 0.717) is 0 Å². The average molecular weight is 269 g/mol. The van der Waals surface area contributed by atoms with Crippen LogP contribution in [0, 0.1) is 5.92 Å². The largest absolute Gasteiger partial charge is 0.350 e. The van der Waals surface area contributed by atoms with Crippen LogP contribution in [0.3, 0.4) is 0 Å². The quantitative estimate of drug-likeness (QED) is 0.772. The number of amides is 1. The van der Waals surface area contributed by atoms with Crippen molar-refractivity contribution in [1.29, 1.82) is 0 Å². The van der Waals surface area contributed by atoms with E-state index in [0.717, 1.165) is 38.4 Å². The van der Waals surface area contributed by atoms with Gasteiger partial charge in [0.2, 0.25) is 5.91 Å². The summed E-state index contributed by atoms with van der Waals surface area (Å²) in [5.41, 5.74) is 5.50. The molecule has 0 aromatic heterocycles. The maximum Gasteiger partial charge on any atom is 0.237 e. The molecule has 1 atom stereocenters. The molecule has 1 amide bonds. The van der Waals surface area contributed by atoms with Gasteiger partial charge < -0.3 is 11.1 Å². The van der Waals surface area contributed by atoms with Gasteiger partial charge in [-0.25, -0.2) is 0 Å². The summed E-state index contributed by atoms with van der Waals surface area (Å²) in [6.07, 6.45) is 4.42. The predicted molar refractivity (Wildman–Crippen MR) is 79.9 cm³/mol. The summed E-state index contributed by atoms with van der Waals surface area (Å²) < 4.78 is 0. The van der Waals surface area contributed by atoms with E-state index < -0.39 is 0 Å². The van der Waals surface area contributed by atoms with Crippen LogP contribution in [0.5, 0.6) is 0 Å². The van der Waals surface area contributed by atoms with Gasteiger partial charge in [0.25, 0.3) is 0 Å². The van der Waals surface area contributed by atoms with E-state index >= 15 is 0 Å². The molecular weight excluding hydrogens is 238 g/mol. The number of nitrogens with zero attached hydrogens (tertiary/aromatic N) is 1. The van der Waals surface area contributed by atoms with Crippen LogP contribution >= 0.6 is 0 Å². The Kier molecular flexibility index (Phi) is 6.27. The number of carbonyl (C=O) groups excluding carboxylic acids is 1. The van der Waals surface area contributed by atoms with Crippen molar-refractivity contribution in [3.05, 3.63) is 0 Å². The molecule has 0 spiro atoms. The highest BCUT2D eigenvalue weighted by molar-refractivity contribution is 5.82. The van der Waals surface area contributed by atoms with Crippen molar-refractivity contribution in [3.8, 4) is 0 Å². The molecule has 0 aliphatic carbocycles. The van der Waals surface area contributed by atoms with Crippen LogP contribution in [0.1, 0.15) is 53.4 Å². The van der Waals surface area contributed by atoms with Crippen LogP contribution in [0.15, 0.2) is 0 Å². The van der Waals surface area contributed by atoms with Crippen molar-refractivity contribution in [2.24, 2.45) is 11.7 Å². The van der Waals surface area contributed by atoms with Gasteiger partial charge in [-0.3, -0.25) is 9.69 Å². The minimum atomic E-state index is -0.108. The monoisotopic (exact) mass is 269 g/mol. The number of piperidine rings is 1. The standard InChI is InChI=1S/C15H31N3O/c1-5-15(3,4)17-14(19)12(2)18-10-7-13(6-9-16)8-11-18/h12-13H,5-11,16H2,1-4H3,(H,17,19). The number of hydrogen-bond acceptors (Lipinski definition) is 3. The SMILES string of the molecule is CCC(C)(C)NC(=O)C(C)N1CCC(CCN)CC1. The van der Waals surface area contributed by atoms with Crippen LogP contribution in [-0.2, 0) is 4.79 Å². The molecule has 1 unspecified atom stereocenters. The molecule has 19 heavy (non-hydrogen) atoms. The maximum atomic E-state index is 12.3. The van der Waals surface area contributed by atoms with Gasteiger partial charge in [0.15, 0.2) is 0 Å². The van der Waals surface area contributed by atoms with Crippen LogP contribution in [0.4, 0.5) is 0 Å². The van der Waals surface area contributed by atoms with Gasteiger partial charge in [-0.05, 0) is 72.0 Å². The maximum absolute atomic E-state index is 12.3. The third kappa shape index (κ3) is 5.11. The molecule has 112 valence electrons. The van der Waals surface area contributed by atoms with Crippen LogP contribution in [0.25, 0.3) is 0 Å². The molecule has 4 nitrogen and oxygen atoms in total. The molecule has 0 bridgehead atoms. The van der Waals surface area contributed by atoms with E-state index in [2.05, 4.69) is 31.0 Å². The third-order valence-corrected chi connectivity index (χ3v) is 4.50. The minimum absolute atomic E-state index is 0.0235. The Labute approximate surface area is 118 Å². The first kappa shape index (κ1) is 16.4. The summed E-state index contributed by atoms with van der Waals surface area (Å²) >= 11 is 0. The van der Waals surface area contributed by atoms with Gasteiger partial charge in [0, 0.05) is 5.54 Å². The molecule has 0 aromatic rings. The fourth-order valence-electron chi connectivity index (χ4n) is 2.56. The van der Waals surface area contributed by atoms with Gasteiger partial charge in [0.05, 0.1) is 6.04 Å². The fraction of sp³-hybridized carbons (Fsp3) is 0.933. The van der Waals surface area contributed by atoms with Crippen LogP contribution < -0.4 is 11.1 Å². The Morgan fingerprint density at radius 2 is 2.00 bits per heavy atom. The van der Waals surface area contributed by atoms with E-state index in [-0.39, 0.29) is 17.5 Å². The summed E-state index contributed by atoms with van der Waals surface area (Å²) in [7, 11) is 0. The molecule has 0 saturated carbocycles. The van der Waals surface area contributed by atoms with E-state index in [4.69, 9.17) is 5.73 Å². The summed E-state index contributed by atoms with van der Waals surface area (Å²) in [6, 6.07) is -0.0235. The molecule has 1 aliphatic rings. The Morgan fingerprint density at radius 3 is 2.47 bits per heavy atom. The van der Waals surface area contributed by atoms with Gasteiger partial charge >= 0.3 is 0 Å². The van der Waals surface area contributed by atoms with E-state index in [1.54, 1.807) is 0 Å². The Hall–Kier alpha value is -0.610. The average Bonchev–Trinajstić information content (AvgIpc) is 2.38. The first-order chi connectivity index (χ1) is 8.89. The second-order valence-electron chi connectivity index (χ2n) is 6.46. The van der Waals surface area contributed by atoms with Gasteiger partial charge in [-0.1, -0.05) is 6.92 Å². The van der Waals surface area contributed by atoms with Crippen LogP contribution in [0.2, 0.25) is 0 Å². The van der Waals surface area contributed by atoms with E-state index in [1.807, 2.05) is 6.92 Å². The highest BCUT2D eigenvalue weighted by Crippen LogP contribution is 2.21. The predicted octanol–water partition coefficient (Wildman–Crippen LogP) is 1.74. The number of nitrogens with one attached hydrogen (secondary N) is 1. The summed E-state index contributed by atoms with van der Waals surface area (Å²) in [5.74, 6) is 0.910. The molecule has 1 aliphatic heterocycles. The summed E-state index contributed by atoms with van der Waals surface area (Å²) in [6.45, 7) is 11.1. The lowest BCUT2D eigenvalue weighted by Crippen LogP contribution is -2.53. The van der Waals surface area contributed by atoms with E-state index in [1.165, 1.54) is 12.8 Å². The van der Waals surface area contributed by atoms with Crippen molar-refractivity contribution in [3.63, 3.8) is 0 Å². The van der Waals surface area contributed by atoms with Crippen molar-refractivity contribution < 1.29 is 4.79 Å².